The van der Waals surface area contributed by atoms with Gasteiger partial charge in [-0.3, -0.25) is 0 Å². The third kappa shape index (κ3) is 2.99. The van der Waals surface area contributed by atoms with E-state index in [0.717, 1.165) is 42.7 Å². The van der Waals surface area contributed by atoms with Gasteiger partial charge in [0, 0.05) is 31.9 Å². The van der Waals surface area contributed by atoms with Crippen molar-refractivity contribution < 1.29 is 0 Å². The zero-order chi connectivity index (χ0) is 14.7. The lowest BCUT2D eigenvalue weighted by Gasteiger charge is -2.32. The first-order chi connectivity index (χ1) is 10.3. The highest BCUT2D eigenvalue weighted by molar-refractivity contribution is 7.10. The molecule has 108 valence electrons. The Morgan fingerprint density at radius 2 is 1.90 bits per heavy atom. The van der Waals surface area contributed by atoms with Crippen molar-refractivity contribution in [3.63, 3.8) is 0 Å². The largest absolute Gasteiger partial charge is 0.352 e. The third-order valence-corrected chi connectivity index (χ3v) is 4.37. The monoisotopic (exact) mass is 299 g/mol. The van der Waals surface area contributed by atoms with E-state index in [4.69, 9.17) is 0 Å². The van der Waals surface area contributed by atoms with E-state index in [1.807, 2.05) is 30.3 Å². The molecular formula is C15H17N5S. The number of nitriles is 1. The van der Waals surface area contributed by atoms with Gasteiger partial charge in [0.05, 0.1) is 0 Å². The first kappa shape index (κ1) is 13.9. The lowest BCUT2D eigenvalue weighted by atomic mass is 10.2. The van der Waals surface area contributed by atoms with Crippen LogP contribution in [0.4, 0.5) is 16.5 Å². The number of rotatable bonds is 3. The van der Waals surface area contributed by atoms with Gasteiger partial charge in [-0.05, 0) is 30.7 Å². The molecule has 6 heteroatoms. The van der Waals surface area contributed by atoms with Gasteiger partial charge in [0.1, 0.15) is 16.6 Å². The molecular weight excluding hydrogens is 282 g/mol. The molecule has 0 amide bonds. The first-order valence-corrected chi connectivity index (χ1v) is 7.70. The smallest absolute Gasteiger partial charge is 0.162 e. The van der Waals surface area contributed by atoms with Gasteiger partial charge in [-0.25, -0.2) is 0 Å². The Hall–Kier alpha value is -2.10. The molecule has 0 spiro atoms. The summed E-state index contributed by atoms with van der Waals surface area (Å²) >= 11 is 1.35. The van der Waals surface area contributed by atoms with Crippen LogP contribution in [0, 0.1) is 11.3 Å². The standard InChI is InChI=1S/C15H17N5S/c1-19-7-9-20(10-8-19)14-13(11-16)15(21-18-14)17-12-5-3-2-4-6-12/h2-6,17H,7-10H2,1H3. The Balaban J connectivity index is 1.82. The van der Waals surface area contributed by atoms with E-state index in [2.05, 4.69) is 32.6 Å². The fourth-order valence-electron chi connectivity index (χ4n) is 2.35. The Kier molecular flexibility index (Phi) is 4.04. The SMILES string of the molecule is CN1CCN(c2nsc(Nc3ccccc3)c2C#N)CC1. The molecule has 5 nitrogen and oxygen atoms in total. The van der Waals surface area contributed by atoms with E-state index in [1.54, 1.807) is 0 Å². The summed E-state index contributed by atoms with van der Waals surface area (Å²) in [7, 11) is 2.12. The van der Waals surface area contributed by atoms with Crippen LogP contribution >= 0.6 is 11.5 Å². The van der Waals surface area contributed by atoms with Gasteiger partial charge in [0.15, 0.2) is 5.82 Å². The number of para-hydroxylation sites is 1. The van der Waals surface area contributed by atoms with Crippen LogP contribution in [0.2, 0.25) is 0 Å². The molecule has 1 aromatic carbocycles. The van der Waals surface area contributed by atoms with Crippen molar-refractivity contribution in [3.05, 3.63) is 35.9 Å². The van der Waals surface area contributed by atoms with Crippen LogP contribution < -0.4 is 10.2 Å². The number of nitrogens with zero attached hydrogens (tertiary/aromatic N) is 4. The molecule has 0 radical (unpaired) electrons. The predicted octanol–water partition coefficient (Wildman–Crippen LogP) is 2.51. The Morgan fingerprint density at radius 3 is 2.57 bits per heavy atom. The molecule has 1 N–H and O–H groups in total. The third-order valence-electron chi connectivity index (χ3n) is 3.62. The molecule has 2 aromatic rings. The molecule has 1 saturated heterocycles. The lowest BCUT2D eigenvalue weighted by Crippen LogP contribution is -2.44. The summed E-state index contributed by atoms with van der Waals surface area (Å²) in [5.41, 5.74) is 1.62. The second kappa shape index (κ2) is 6.12. The molecule has 0 aliphatic carbocycles. The van der Waals surface area contributed by atoms with Crippen molar-refractivity contribution in [3.8, 4) is 6.07 Å². The Bertz CT molecular complexity index is 638. The van der Waals surface area contributed by atoms with Crippen LogP contribution in [0.5, 0.6) is 0 Å². The minimum absolute atomic E-state index is 0.647. The first-order valence-electron chi connectivity index (χ1n) is 6.93. The van der Waals surface area contributed by atoms with Crippen molar-refractivity contribution in [2.45, 2.75) is 0 Å². The van der Waals surface area contributed by atoms with Crippen molar-refractivity contribution in [1.29, 1.82) is 5.26 Å². The highest BCUT2D eigenvalue weighted by Crippen LogP contribution is 2.33. The number of anilines is 3. The predicted molar refractivity (Wildman–Crippen MR) is 86.3 cm³/mol. The van der Waals surface area contributed by atoms with E-state index in [1.165, 1.54) is 11.5 Å². The average Bonchev–Trinajstić information content (AvgIpc) is 2.92. The van der Waals surface area contributed by atoms with Crippen molar-refractivity contribution in [2.24, 2.45) is 0 Å². The fourth-order valence-corrected chi connectivity index (χ4v) is 3.13. The van der Waals surface area contributed by atoms with Crippen molar-refractivity contribution in [2.75, 3.05) is 43.4 Å². The number of hydrogen-bond acceptors (Lipinski definition) is 6. The molecule has 1 fully saturated rings. The fraction of sp³-hybridized carbons (Fsp3) is 0.333. The number of piperazine rings is 1. The molecule has 0 bridgehead atoms. The van der Waals surface area contributed by atoms with E-state index in [9.17, 15) is 5.26 Å². The number of hydrogen-bond donors (Lipinski definition) is 1. The van der Waals surface area contributed by atoms with Gasteiger partial charge < -0.3 is 15.1 Å². The second-order valence-electron chi connectivity index (χ2n) is 5.10. The van der Waals surface area contributed by atoms with Gasteiger partial charge >= 0.3 is 0 Å². The maximum Gasteiger partial charge on any atom is 0.162 e. The van der Waals surface area contributed by atoms with E-state index >= 15 is 0 Å². The van der Waals surface area contributed by atoms with Crippen LogP contribution in [0.3, 0.4) is 0 Å². The number of benzene rings is 1. The minimum atomic E-state index is 0.647. The number of nitrogens with one attached hydrogen (secondary N) is 1. The van der Waals surface area contributed by atoms with Crippen molar-refractivity contribution >= 4 is 28.0 Å². The molecule has 0 saturated carbocycles. The van der Waals surface area contributed by atoms with Crippen LogP contribution in [-0.2, 0) is 0 Å². The molecule has 21 heavy (non-hydrogen) atoms. The minimum Gasteiger partial charge on any atom is -0.352 e. The van der Waals surface area contributed by atoms with Crippen LogP contribution in [0.25, 0.3) is 0 Å². The summed E-state index contributed by atoms with van der Waals surface area (Å²) in [4.78, 5) is 4.49. The van der Waals surface area contributed by atoms with E-state index < -0.39 is 0 Å². The molecule has 1 aliphatic rings. The van der Waals surface area contributed by atoms with E-state index in [-0.39, 0.29) is 0 Å². The van der Waals surface area contributed by atoms with Crippen molar-refractivity contribution in [1.82, 2.24) is 9.27 Å². The Morgan fingerprint density at radius 1 is 1.19 bits per heavy atom. The van der Waals surface area contributed by atoms with Crippen LogP contribution in [0.1, 0.15) is 5.56 Å². The molecule has 0 atom stereocenters. The normalized spacial score (nSPS) is 15.7. The van der Waals surface area contributed by atoms with Gasteiger partial charge in [-0.15, -0.1) is 0 Å². The number of aromatic nitrogens is 1. The maximum absolute atomic E-state index is 9.49. The number of likely N-dealkylation sites (N-methyl/N-ethyl adjacent to an activating group) is 1. The molecule has 2 heterocycles. The van der Waals surface area contributed by atoms with Gasteiger partial charge in [0.25, 0.3) is 0 Å². The topological polar surface area (TPSA) is 55.2 Å². The Labute approximate surface area is 128 Å². The molecule has 1 aromatic heterocycles. The van der Waals surface area contributed by atoms with Crippen LogP contribution in [0.15, 0.2) is 30.3 Å². The summed E-state index contributed by atoms with van der Waals surface area (Å²) in [5, 5.41) is 13.6. The highest BCUT2D eigenvalue weighted by atomic mass is 32.1. The van der Waals surface area contributed by atoms with Gasteiger partial charge in [0.2, 0.25) is 0 Å². The summed E-state index contributed by atoms with van der Waals surface area (Å²) in [6.45, 7) is 3.84. The second-order valence-corrected chi connectivity index (χ2v) is 5.88. The summed E-state index contributed by atoms with van der Waals surface area (Å²) in [6, 6.07) is 12.2. The summed E-state index contributed by atoms with van der Waals surface area (Å²) < 4.78 is 4.50. The van der Waals surface area contributed by atoms with Crippen LogP contribution in [-0.4, -0.2) is 42.5 Å². The lowest BCUT2D eigenvalue weighted by molar-refractivity contribution is 0.312. The zero-order valence-electron chi connectivity index (χ0n) is 11.9. The summed E-state index contributed by atoms with van der Waals surface area (Å²) in [6.07, 6.45) is 0. The molecule has 1 aliphatic heterocycles. The zero-order valence-corrected chi connectivity index (χ0v) is 12.7. The highest BCUT2D eigenvalue weighted by Gasteiger charge is 2.22. The average molecular weight is 299 g/mol. The molecule has 3 rings (SSSR count). The maximum atomic E-state index is 9.49. The quantitative estimate of drug-likeness (QED) is 0.944. The van der Waals surface area contributed by atoms with Gasteiger partial charge in [-0.1, -0.05) is 18.2 Å². The van der Waals surface area contributed by atoms with Gasteiger partial charge in [-0.2, -0.15) is 9.64 Å². The summed E-state index contributed by atoms with van der Waals surface area (Å²) in [5.74, 6) is 0.814. The molecule has 0 unspecified atom stereocenters. The van der Waals surface area contributed by atoms with E-state index in [0.29, 0.717) is 5.56 Å².